The first-order valence-electron chi connectivity index (χ1n) is 18.2. The average Bonchev–Trinajstić information content (AvgIpc) is 3.59. The third-order valence-electron chi connectivity index (χ3n) is 10.0. The van der Waals surface area contributed by atoms with Crippen LogP contribution in [0.3, 0.4) is 0 Å². The van der Waals surface area contributed by atoms with E-state index < -0.39 is 35.8 Å². The fraction of sp³-hybridized carbons (Fsp3) is 0.632. The lowest BCUT2D eigenvalue weighted by Crippen LogP contribution is -2.58. The predicted octanol–water partition coefficient (Wildman–Crippen LogP) is 4.49. The van der Waals surface area contributed by atoms with Gasteiger partial charge in [0.1, 0.15) is 16.7 Å². The zero-order chi connectivity index (χ0) is 37.8. The zero-order valence-corrected chi connectivity index (χ0v) is 32.3. The Labute approximate surface area is 307 Å². The number of carbonyl (C=O) groups is 5. The highest BCUT2D eigenvalue weighted by Gasteiger charge is 2.37. The van der Waals surface area contributed by atoms with Crippen LogP contribution in [0.1, 0.15) is 107 Å². The Kier molecular flexibility index (Phi) is 16.0. The van der Waals surface area contributed by atoms with Gasteiger partial charge in [0.2, 0.25) is 17.7 Å². The normalized spacial score (nSPS) is 18.5. The first-order valence-corrected chi connectivity index (χ1v) is 19.0. The molecule has 0 bridgehead atoms. The second kappa shape index (κ2) is 19.7. The largest absolute Gasteiger partial charge is 0.455 e. The molecule has 0 saturated carbocycles. The minimum absolute atomic E-state index is 0.0384. The van der Waals surface area contributed by atoms with Crippen LogP contribution in [0.5, 0.6) is 0 Å². The number of primary amides is 1. The average molecular weight is 727 g/mol. The zero-order valence-electron chi connectivity index (χ0n) is 31.5. The number of likely N-dealkylation sites (tertiary alicyclic amines) is 1. The Bertz CT molecular complexity index is 1470. The van der Waals surface area contributed by atoms with Crippen LogP contribution in [0.15, 0.2) is 35.7 Å². The number of rotatable bonds is 18. The first kappa shape index (κ1) is 41.6. The summed E-state index contributed by atoms with van der Waals surface area (Å²) in [5.74, 6) is -2.30. The smallest absolute Gasteiger partial charge is 0.303 e. The molecule has 2 heterocycles. The van der Waals surface area contributed by atoms with Gasteiger partial charge in [-0.05, 0) is 56.7 Å². The second-order valence-electron chi connectivity index (χ2n) is 14.4. The summed E-state index contributed by atoms with van der Waals surface area (Å²) in [6.45, 7) is 11.8. The van der Waals surface area contributed by atoms with E-state index in [0.717, 1.165) is 31.4 Å². The molecule has 1 aliphatic rings. The van der Waals surface area contributed by atoms with Gasteiger partial charge in [-0.2, -0.15) is 0 Å². The minimum Gasteiger partial charge on any atom is -0.455 e. The molecule has 1 aliphatic heterocycles. The minimum atomic E-state index is -0.820. The molecule has 12 nitrogen and oxygen atoms in total. The highest BCUT2D eigenvalue weighted by atomic mass is 32.1. The van der Waals surface area contributed by atoms with E-state index in [1.807, 2.05) is 65.1 Å². The molecule has 13 heteroatoms. The summed E-state index contributed by atoms with van der Waals surface area (Å²) in [6.07, 6.45) is 3.76. The van der Waals surface area contributed by atoms with Gasteiger partial charge in [0.25, 0.3) is 5.91 Å². The van der Waals surface area contributed by atoms with E-state index >= 15 is 0 Å². The quantitative estimate of drug-likeness (QED) is 0.189. The number of hydrogen-bond acceptors (Lipinski definition) is 9. The third kappa shape index (κ3) is 12.1. The number of amides is 4. The number of benzene rings is 1. The standard InChI is InChI=1S/C38H58N6O6S/c1-9-24(4)33(42-36(48)30-17-13-14-18-43(30)7)38(49)44(8)31(23(2)3)21-32(50-26(6)45)37-41-29(22-51-37)35(47)40-28(19-25(5)34(39)46)20-27-15-11-10-12-16-27/h10-12,15-16,22-25,28,30-33H,9,13-14,17-21H2,1-8H3,(H2,39,46)(H,40,47)(H,42,48)/t24-,25-,28+,30+,31+,32+,33-/m0/s1. The number of piperidine rings is 1. The third-order valence-corrected chi connectivity index (χ3v) is 11.0. The van der Waals surface area contributed by atoms with Crippen molar-refractivity contribution in [3.63, 3.8) is 0 Å². The molecule has 3 rings (SSSR count). The summed E-state index contributed by atoms with van der Waals surface area (Å²) < 4.78 is 5.78. The number of nitrogens with one attached hydrogen (secondary N) is 2. The highest BCUT2D eigenvalue weighted by molar-refractivity contribution is 7.09. The van der Waals surface area contributed by atoms with Crippen LogP contribution in [-0.4, -0.2) is 89.2 Å². The fourth-order valence-electron chi connectivity index (χ4n) is 6.65. The van der Waals surface area contributed by atoms with Crippen LogP contribution in [0.2, 0.25) is 0 Å². The lowest BCUT2D eigenvalue weighted by Gasteiger charge is -2.38. The van der Waals surface area contributed by atoms with E-state index in [2.05, 4.69) is 20.5 Å². The van der Waals surface area contributed by atoms with E-state index in [4.69, 9.17) is 10.5 Å². The van der Waals surface area contributed by atoms with Crippen molar-refractivity contribution < 1.29 is 28.7 Å². The fourth-order valence-corrected chi connectivity index (χ4v) is 7.49. The summed E-state index contributed by atoms with van der Waals surface area (Å²) in [6, 6.07) is 7.92. The summed E-state index contributed by atoms with van der Waals surface area (Å²) in [7, 11) is 3.67. The summed E-state index contributed by atoms with van der Waals surface area (Å²) >= 11 is 1.20. The lowest BCUT2D eigenvalue weighted by atomic mass is 9.92. The van der Waals surface area contributed by atoms with Gasteiger partial charge in [-0.25, -0.2) is 4.98 Å². The van der Waals surface area contributed by atoms with Crippen molar-refractivity contribution in [1.29, 1.82) is 0 Å². The van der Waals surface area contributed by atoms with Crippen molar-refractivity contribution in [1.82, 2.24) is 25.4 Å². The number of thiazole rings is 1. The van der Waals surface area contributed by atoms with Crippen molar-refractivity contribution in [2.75, 3.05) is 20.6 Å². The Balaban J connectivity index is 1.81. The number of nitrogens with zero attached hydrogens (tertiary/aromatic N) is 3. The van der Waals surface area contributed by atoms with Crippen molar-refractivity contribution in [3.8, 4) is 0 Å². The van der Waals surface area contributed by atoms with Gasteiger partial charge < -0.3 is 26.0 Å². The van der Waals surface area contributed by atoms with Gasteiger partial charge in [-0.3, -0.25) is 28.9 Å². The van der Waals surface area contributed by atoms with Crippen LogP contribution in [0.4, 0.5) is 0 Å². The van der Waals surface area contributed by atoms with Crippen LogP contribution in [-0.2, 0) is 30.3 Å². The number of likely N-dealkylation sites (N-methyl/N-ethyl adjacent to an activating group) is 2. The molecule has 1 aromatic carbocycles. The van der Waals surface area contributed by atoms with Crippen molar-refractivity contribution in [2.24, 2.45) is 23.5 Å². The summed E-state index contributed by atoms with van der Waals surface area (Å²) in [5, 5.41) is 8.16. The lowest BCUT2D eigenvalue weighted by molar-refractivity contribution is -0.149. The van der Waals surface area contributed by atoms with E-state index in [9.17, 15) is 24.0 Å². The van der Waals surface area contributed by atoms with E-state index in [1.54, 1.807) is 24.3 Å². The Morgan fingerprint density at radius 1 is 1.06 bits per heavy atom. The van der Waals surface area contributed by atoms with Crippen LogP contribution in [0, 0.1) is 17.8 Å². The Hall–Kier alpha value is -3.84. The van der Waals surface area contributed by atoms with Crippen molar-refractivity contribution in [2.45, 2.75) is 117 Å². The molecule has 0 spiro atoms. The molecule has 2 aromatic rings. The van der Waals surface area contributed by atoms with E-state index in [1.165, 1.54) is 18.3 Å². The van der Waals surface area contributed by atoms with Crippen molar-refractivity contribution in [3.05, 3.63) is 52.0 Å². The molecule has 1 aromatic heterocycles. The summed E-state index contributed by atoms with van der Waals surface area (Å²) in [5.41, 5.74) is 6.71. The molecule has 4 N–H and O–H groups in total. The molecule has 51 heavy (non-hydrogen) atoms. The van der Waals surface area contributed by atoms with Gasteiger partial charge >= 0.3 is 5.97 Å². The van der Waals surface area contributed by atoms with Crippen molar-refractivity contribution >= 4 is 40.9 Å². The molecule has 7 atom stereocenters. The highest BCUT2D eigenvalue weighted by Crippen LogP contribution is 2.31. The van der Waals surface area contributed by atoms with Gasteiger partial charge in [0.15, 0.2) is 6.10 Å². The monoisotopic (exact) mass is 726 g/mol. The number of hydrogen-bond donors (Lipinski definition) is 3. The molecule has 4 amide bonds. The maximum atomic E-state index is 14.2. The second-order valence-corrected chi connectivity index (χ2v) is 15.3. The van der Waals surface area contributed by atoms with Gasteiger partial charge in [0, 0.05) is 43.8 Å². The maximum absolute atomic E-state index is 14.2. The van der Waals surface area contributed by atoms with Gasteiger partial charge in [-0.15, -0.1) is 11.3 Å². The maximum Gasteiger partial charge on any atom is 0.303 e. The van der Waals surface area contributed by atoms with Crippen LogP contribution < -0.4 is 16.4 Å². The molecular weight excluding hydrogens is 669 g/mol. The van der Waals surface area contributed by atoms with E-state index in [0.29, 0.717) is 24.3 Å². The first-order chi connectivity index (χ1) is 24.1. The SMILES string of the molecule is CC[C@H](C)[C@H](NC(=O)[C@H]1CCCCN1C)C(=O)N(C)[C@H](C[C@@H](OC(C)=O)c1nc(C(=O)N[C@@H](Cc2ccccc2)C[C@H](C)C(N)=O)cs1)C(C)C. The Morgan fingerprint density at radius 2 is 1.75 bits per heavy atom. The molecule has 0 aliphatic carbocycles. The molecule has 1 fully saturated rings. The van der Waals surface area contributed by atoms with E-state index in [-0.39, 0.29) is 53.9 Å². The number of aromatic nitrogens is 1. The molecule has 0 radical (unpaired) electrons. The van der Waals surface area contributed by atoms with Gasteiger partial charge in [0.05, 0.1) is 6.04 Å². The molecule has 0 unspecified atom stereocenters. The predicted molar refractivity (Wildman–Crippen MR) is 199 cm³/mol. The molecular formula is C38H58N6O6S. The molecule has 1 saturated heterocycles. The van der Waals surface area contributed by atoms with Crippen LogP contribution in [0.25, 0.3) is 0 Å². The topological polar surface area (TPSA) is 164 Å². The molecule has 282 valence electrons. The number of nitrogens with two attached hydrogens (primary N) is 1. The Morgan fingerprint density at radius 3 is 2.33 bits per heavy atom. The van der Waals surface area contributed by atoms with Crippen LogP contribution >= 0.6 is 11.3 Å². The summed E-state index contributed by atoms with van der Waals surface area (Å²) in [4.78, 5) is 73.6. The number of carbonyl (C=O) groups excluding carboxylic acids is 5. The number of ether oxygens (including phenoxy) is 1. The van der Waals surface area contributed by atoms with Gasteiger partial charge in [-0.1, -0.05) is 77.8 Å². The number of esters is 1.